The van der Waals surface area contributed by atoms with Crippen molar-refractivity contribution in [1.82, 2.24) is 10.2 Å². The van der Waals surface area contributed by atoms with Crippen molar-refractivity contribution in [3.05, 3.63) is 0 Å². The molecule has 0 bridgehead atoms. The first-order chi connectivity index (χ1) is 7.79. The van der Waals surface area contributed by atoms with Gasteiger partial charge in [0.2, 0.25) is 0 Å². The predicted octanol–water partition coefficient (Wildman–Crippen LogP) is 2.50. The summed E-state index contributed by atoms with van der Waals surface area (Å²) < 4.78 is 0. The predicted molar refractivity (Wildman–Crippen MR) is 69.6 cm³/mol. The van der Waals surface area contributed by atoms with Crippen LogP contribution >= 0.6 is 0 Å². The maximum Gasteiger partial charge on any atom is 0.00915 e. The average Bonchev–Trinajstić information content (AvgIpc) is 3.12. The van der Waals surface area contributed by atoms with E-state index in [0.29, 0.717) is 0 Å². The molecule has 1 unspecified atom stereocenters. The van der Waals surface area contributed by atoms with Crippen molar-refractivity contribution >= 4 is 0 Å². The van der Waals surface area contributed by atoms with Crippen molar-refractivity contribution in [2.24, 2.45) is 11.8 Å². The minimum absolute atomic E-state index is 0.800. The van der Waals surface area contributed by atoms with Crippen LogP contribution in [0.5, 0.6) is 0 Å². The monoisotopic (exact) mass is 224 g/mol. The Balaban J connectivity index is 1.57. The van der Waals surface area contributed by atoms with Gasteiger partial charge in [-0.25, -0.2) is 0 Å². The third-order valence-corrected chi connectivity index (χ3v) is 4.28. The Morgan fingerprint density at radius 2 is 1.88 bits per heavy atom. The van der Waals surface area contributed by atoms with Crippen LogP contribution in [-0.2, 0) is 0 Å². The quantitative estimate of drug-likeness (QED) is 0.746. The van der Waals surface area contributed by atoms with E-state index in [1.165, 1.54) is 58.3 Å². The summed E-state index contributed by atoms with van der Waals surface area (Å²) >= 11 is 0. The summed E-state index contributed by atoms with van der Waals surface area (Å²) in [6, 6.07) is 0.800. The van der Waals surface area contributed by atoms with E-state index in [-0.39, 0.29) is 0 Å². The van der Waals surface area contributed by atoms with Gasteiger partial charge in [0.05, 0.1) is 0 Å². The molecule has 0 aromatic rings. The summed E-state index contributed by atoms with van der Waals surface area (Å²) in [5.41, 5.74) is 0. The topological polar surface area (TPSA) is 15.3 Å². The fourth-order valence-electron chi connectivity index (χ4n) is 2.86. The molecule has 0 radical (unpaired) electrons. The number of nitrogens with one attached hydrogen (secondary N) is 1. The highest BCUT2D eigenvalue weighted by Gasteiger charge is 2.28. The molecule has 2 heteroatoms. The van der Waals surface area contributed by atoms with Crippen LogP contribution < -0.4 is 5.32 Å². The molecule has 1 saturated heterocycles. The average molecular weight is 224 g/mol. The summed E-state index contributed by atoms with van der Waals surface area (Å²) in [4.78, 5) is 2.61. The Morgan fingerprint density at radius 1 is 1.19 bits per heavy atom. The molecule has 94 valence electrons. The lowest BCUT2D eigenvalue weighted by atomic mass is 10.0. The van der Waals surface area contributed by atoms with Gasteiger partial charge in [0.15, 0.2) is 0 Å². The molecule has 1 atom stereocenters. The highest BCUT2D eigenvalue weighted by Crippen LogP contribution is 2.36. The third kappa shape index (κ3) is 3.74. The second-order valence-electron chi connectivity index (χ2n) is 5.84. The zero-order valence-corrected chi connectivity index (χ0v) is 11.0. The summed E-state index contributed by atoms with van der Waals surface area (Å²) in [6.45, 7) is 9.86. The van der Waals surface area contributed by atoms with Gasteiger partial charge >= 0.3 is 0 Å². The van der Waals surface area contributed by atoms with Crippen LogP contribution in [-0.4, -0.2) is 37.1 Å². The first-order valence-electron chi connectivity index (χ1n) is 7.25. The van der Waals surface area contributed by atoms with Gasteiger partial charge in [0.1, 0.15) is 0 Å². The summed E-state index contributed by atoms with van der Waals surface area (Å²) in [5, 5.41) is 3.78. The van der Waals surface area contributed by atoms with Crippen LogP contribution in [0.2, 0.25) is 0 Å². The molecule has 0 aromatic carbocycles. The standard InChI is InChI=1S/C14H28N2/c1-3-8-16-9-6-14(7-10-16)15-11-12(2)13-4-5-13/h12-15H,3-11H2,1-2H3. The van der Waals surface area contributed by atoms with Crippen molar-refractivity contribution in [2.45, 2.75) is 52.0 Å². The molecule has 2 aliphatic rings. The Bertz CT molecular complexity index is 193. The van der Waals surface area contributed by atoms with Gasteiger partial charge in [-0.3, -0.25) is 0 Å². The molecule has 0 aromatic heterocycles. The Morgan fingerprint density at radius 3 is 2.44 bits per heavy atom. The molecule has 2 rings (SSSR count). The van der Waals surface area contributed by atoms with Crippen molar-refractivity contribution in [3.8, 4) is 0 Å². The maximum atomic E-state index is 3.78. The second-order valence-corrected chi connectivity index (χ2v) is 5.84. The molecule has 1 saturated carbocycles. The number of likely N-dealkylation sites (tertiary alicyclic amines) is 1. The zero-order valence-electron chi connectivity index (χ0n) is 11.0. The van der Waals surface area contributed by atoms with E-state index < -0.39 is 0 Å². The summed E-state index contributed by atoms with van der Waals surface area (Å²) in [5.74, 6) is 1.96. The van der Waals surface area contributed by atoms with Gasteiger partial charge in [0.25, 0.3) is 0 Å². The SMILES string of the molecule is CCCN1CCC(NCC(C)C2CC2)CC1. The van der Waals surface area contributed by atoms with E-state index in [2.05, 4.69) is 24.1 Å². The maximum absolute atomic E-state index is 3.78. The first kappa shape index (κ1) is 12.4. The van der Waals surface area contributed by atoms with Crippen molar-refractivity contribution < 1.29 is 0 Å². The Kier molecular flexibility index (Phi) is 4.66. The van der Waals surface area contributed by atoms with Gasteiger partial charge < -0.3 is 10.2 Å². The molecule has 2 nitrogen and oxygen atoms in total. The van der Waals surface area contributed by atoms with E-state index in [9.17, 15) is 0 Å². The number of piperidine rings is 1. The summed E-state index contributed by atoms with van der Waals surface area (Å²) in [7, 11) is 0. The Hall–Kier alpha value is -0.0800. The molecule has 1 N–H and O–H groups in total. The molecular formula is C14H28N2. The van der Waals surface area contributed by atoms with E-state index in [0.717, 1.165) is 17.9 Å². The van der Waals surface area contributed by atoms with Gasteiger partial charge in [-0.05, 0) is 70.1 Å². The molecule has 0 amide bonds. The van der Waals surface area contributed by atoms with Crippen LogP contribution in [0.15, 0.2) is 0 Å². The van der Waals surface area contributed by atoms with Gasteiger partial charge in [0, 0.05) is 6.04 Å². The van der Waals surface area contributed by atoms with Crippen molar-refractivity contribution in [1.29, 1.82) is 0 Å². The minimum Gasteiger partial charge on any atom is -0.314 e. The van der Waals surface area contributed by atoms with Crippen LogP contribution in [0.1, 0.15) is 46.0 Å². The summed E-state index contributed by atoms with van der Waals surface area (Å²) in [6.07, 6.45) is 6.99. The lowest BCUT2D eigenvalue weighted by Gasteiger charge is -2.32. The van der Waals surface area contributed by atoms with Crippen LogP contribution in [0, 0.1) is 11.8 Å². The normalized spacial score (nSPS) is 25.9. The first-order valence-corrected chi connectivity index (χ1v) is 7.25. The molecule has 16 heavy (non-hydrogen) atoms. The van der Waals surface area contributed by atoms with Crippen LogP contribution in [0.4, 0.5) is 0 Å². The minimum atomic E-state index is 0.800. The van der Waals surface area contributed by atoms with E-state index >= 15 is 0 Å². The number of nitrogens with zero attached hydrogens (tertiary/aromatic N) is 1. The zero-order chi connectivity index (χ0) is 11.4. The molecular weight excluding hydrogens is 196 g/mol. The number of hydrogen-bond acceptors (Lipinski definition) is 2. The number of hydrogen-bond donors (Lipinski definition) is 1. The number of rotatable bonds is 6. The van der Waals surface area contributed by atoms with Gasteiger partial charge in [-0.1, -0.05) is 13.8 Å². The van der Waals surface area contributed by atoms with E-state index in [1.807, 2.05) is 0 Å². The van der Waals surface area contributed by atoms with Gasteiger partial charge in [-0.2, -0.15) is 0 Å². The lowest BCUT2D eigenvalue weighted by molar-refractivity contribution is 0.194. The smallest absolute Gasteiger partial charge is 0.00915 e. The molecule has 0 spiro atoms. The second kappa shape index (κ2) is 6.02. The third-order valence-electron chi connectivity index (χ3n) is 4.28. The van der Waals surface area contributed by atoms with E-state index in [4.69, 9.17) is 0 Å². The highest BCUT2D eigenvalue weighted by molar-refractivity contribution is 4.82. The fourth-order valence-corrected chi connectivity index (χ4v) is 2.86. The molecule has 1 heterocycles. The lowest BCUT2D eigenvalue weighted by Crippen LogP contribution is -2.43. The fraction of sp³-hybridized carbons (Fsp3) is 1.00. The van der Waals surface area contributed by atoms with E-state index in [1.54, 1.807) is 0 Å². The van der Waals surface area contributed by atoms with Crippen LogP contribution in [0.25, 0.3) is 0 Å². The molecule has 1 aliphatic heterocycles. The van der Waals surface area contributed by atoms with Crippen LogP contribution in [0.3, 0.4) is 0 Å². The van der Waals surface area contributed by atoms with Crippen molar-refractivity contribution in [3.63, 3.8) is 0 Å². The largest absolute Gasteiger partial charge is 0.314 e. The molecule has 1 aliphatic carbocycles. The van der Waals surface area contributed by atoms with Gasteiger partial charge in [-0.15, -0.1) is 0 Å². The van der Waals surface area contributed by atoms with Crippen molar-refractivity contribution in [2.75, 3.05) is 26.2 Å². The highest BCUT2D eigenvalue weighted by atomic mass is 15.1. The Labute approximate surface area is 101 Å². The molecule has 2 fully saturated rings.